The predicted octanol–water partition coefficient (Wildman–Crippen LogP) is 3.91. The van der Waals surface area contributed by atoms with Gasteiger partial charge in [-0.3, -0.25) is 0 Å². The van der Waals surface area contributed by atoms with Crippen LogP contribution in [-0.4, -0.2) is 36.1 Å². The molecule has 1 aliphatic rings. The van der Waals surface area contributed by atoms with Crippen LogP contribution in [0.4, 0.5) is 10.2 Å². The number of pyridine rings is 1. The average Bonchev–Trinajstić information content (AvgIpc) is 2.37. The monoisotopic (exact) mass is 343 g/mol. The molecule has 0 saturated heterocycles. The molecule has 1 heterocycles. The SMILES string of the molecule is CC1CCCC(CNc2ncc(Br)cc2F)(N(C)C)C1. The largest absolute Gasteiger partial charge is 0.366 e. The molecule has 2 rings (SSSR count). The Balaban J connectivity index is 2.09. The molecule has 1 aromatic rings. The number of halogens is 2. The van der Waals surface area contributed by atoms with Crippen molar-refractivity contribution in [1.29, 1.82) is 0 Å². The van der Waals surface area contributed by atoms with E-state index in [0.717, 1.165) is 25.3 Å². The van der Waals surface area contributed by atoms with Crippen molar-refractivity contribution < 1.29 is 4.39 Å². The van der Waals surface area contributed by atoms with E-state index in [9.17, 15) is 4.39 Å². The van der Waals surface area contributed by atoms with Gasteiger partial charge < -0.3 is 10.2 Å². The van der Waals surface area contributed by atoms with Gasteiger partial charge in [0.2, 0.25) is 0 Å². The number of nitrogens with one attached hydrogen (secondary N) is 1. The lowest BCUT2D eigenvalue weighted by Crippen LogP contribution is -2.52. The van der Waals surface area contributed by atoms with Crippen molar-refractivity contribution in [1.82, 2.24) is 9.88 Å². The van der Waals surface area contributed by atoms with Gasteiger partial charge in [0.25, 0.3) is 0 Å². The lowest BCUT2D eigenvalue weighted by molar-refractivity contribution is 0.0881. The minimum Gasteiger partial charge on any atom is -0.366 e. The summed E-state index contributed by atoms with van der Waals surface area (Å²) >= 11 is 3.23. The molecule has 112 valence electrons. The quantitative estimate of drug-likeness (QED) is 0.898. The number of hydrogen-bond donors (Lipinski definition) is 1. The minimum atomic E-state index is -0.308. The lowest BCUT2D eigenvalue weighted by Gasteiger charge is -2.45. The van der Waals surface area contributed by atoms with Gasteiger partial charge in [0.05, 0.1) is 0 Å². The molecule has 1 aliphatic carbocycles. The molecule has 1 fully saturated rings. The molecule has 0 aromatic carbocycles. The summed E-state index contributed by atoms with van der Waals surface area (Å²) in [6.45, 7) is 3.03. The Labute approximate surface area is 129 Å². The first kappa shape index (κ1) is 15.7. The van der Waals surface area contributed by atoms with Gasteiger partial charge in [0.15, 0.2) is 11.6 Å². The molecule has 0 bridgehead atoms. The van der Waals surface area contributed by atoms with Crippen LogP contribution in [0.1, 0.15) is 32.6 Å². The van der Waals surface area contributed by atoms with Crippen LogP contribution in [0.25, 0.3) is 0 Å². The summed E-state index contributed by atoms with van der Waals surface area (Å²) < 4.78 is 14.5. The number of anilines is 1. The number of likely N-dealkylation sites (N-methyl/N-ethyl adjacent to an activating group) is 1. The van der Waals surface area contributed by atoms with E-state index >= 15 is 0 Å². The number of rotatable bonds is 4. The van der Waals surface area contributed by atoms with E-state index in [1.807, 2.05) is 0 Å². The van der Waals surface area contributed by atoms with E-state index in [1.165, 1.54) is 18.9 Å². The van der Waals surface area contributed by atoms with Crippen molar-refractivity contribution >= 4 is 21.7 Å². The van der Waals surface area contributed by atoms with Gasteiger partial charge in [0.1, 0.15) is 0 Å². The van der Waals surface area contributed by atoms with Gasteiger partial charge in [-0.1, -0.05) is 19.8 Å². The molecule has 1 saturated carbocycles. The van der Waals surface area contributed by atoms with E-state index in [2.05, 4.69) is 52.1 Å². The summed E-state index contributed by atoms with van der Waals surface area (Å²) in [6, 6.07) is 1.45. The molecule has 2 unspecified atom stereocenters. The van der Waals surface area contributed by atoms with E-state index in [-0.39, 0.29) is 11.4 Å². The lowest BCUT2D eigenvalue weighted by atomic mass is 9.75. The van der Waals surface area contributed by atoms with E-state index < -0.39 is 0 Å². The second-order valence-electron chi connectivity index (χ2n) is 6.16. The zero-order valence-electron chi connectivity index (χ0n) is 12.4. The molecular weight excluding hydrogens is 321 g/mol. The van der Waals surface area contributed by atoms with Crippen LogP contribution in [-0.2, 0) is 0 Å². The van der Waals surface area contributed by atoms with Crippen molar-refractivity contribution in [2.45, 2.75) is 38.1 Å². The van der Waals surface area contributed by atoms with Crippen LogP contribution < -0.4 is 5.32 Å². The van der Waals surface area contributed by atoms with Gasteiger partial charge in [-0.2, -0.15) is 0 Å². The Kier molecular flexibility index (Phi) is 5.02. The van der Waals surface area contributed by atoms with Crippen molar-refractivity contribution in [3.05, 3.63) is 22.6 Å². The summed E-state index contributed by atoms with van der Waals surface area (Å²) in [5.74, 6) is 0.750. The molecule has 20 heavy (non-hydrogen) atoms. The zero-order valence-corrected chi connectivity index (χ0v) is 14.0. The maximum Gasteiger partial charge on any atom is 0.166 e. The van der Waals surface area contributed by atoms with Crippen molar-refractivity contribution in [3.8, 4) is 0 Å². The second kappa shape index (κ2) is 6.39. The van der Waals surface area contributed by atoms with Crippen LogP contribution in [0, 0.1) is 11.7 Å². The van der Waals surface area contributed by atoms with E-state index in [0.29, 0.717) is 10.3 Å². The first-order chi connectivity index (χ1) is 9.43. The first-order valence-corrected chi connectivity index (χ1v) is 7.94. The molecular formula is C15H23BrFN3. The highest BCUT2D eigenvalue weighted by atomic mass is 79.9. The third kappa shape index (κ3) is 3.50. The summed E-state index contributed by atoms with van der Waals surface area (Å²) in [5.41, 5.74) is 0.0961. The molecule has 1 N–H and O–H groups in total. The highest BCUT2D eigenvalue weighted by Gasteiger charge is 2.36. The maximum atomic E-state index is 13.8. The Morgan fingerprint density at radius 2 is 2.30 bits per heavy atom. The fourth-order valence-electron chi connectivity index (χ4n) is 3.15. The fraction of sp³-hybridized carbons (Fsp3) is 0.667. The third-order valence-corrected chi connectivity index (χ3v) is 4.84. The smallest absolute Gasteiger partial charge is 0.166 e. The minimum absolute atomic E-state index is 0.0961. The molecule has 0 radical (unpaired) electrons. The first-order valence-electron chi connectivity index (χ1n) is 7.15. The molecule has 1 aromatic heterocycles. The zero-order chi connectivity index (χ0) is 14.8. The summed E-state index contributed by atoms with van der Waals surface area (Å²) in [4.78, 5) is 6.40. The fourth-order valence-corrected chi connectivity index (χ4v) is 3.45. The van der Waals surface area contributed by atoms with Crippen molar-refractivity contribution in [2.75, 3.05) is 26.0 Å². The average molecular weight is 344 g/mol. The Bertz CT molecular complexity index is 466. The Morgan fingerprint density at radius 1 is 1.55 bits per heavy atom. The third-order valence-electron chi connectivity index (χ3n) is 4.41. The summed E-state index contributed by atoms with van der Waals surface area (Å²) in [6.07, 6.45) is 6.44. The number of aromatic nitrogens is 1. The Morgan fingerprint density at radius 3 is 2.90 bits per heavy atom. The summed E-state index contributed by atoms with van der Waals surface area (Å²) in [5, 5.41) is 3.20. The van der Waals surface area contributed by atoms with Crippen molar-refractivity contribution in [3.63, 3.8) is 0 Å². The van der Waals surface area contributed by atoms with Gasteiger partial charge in [-0.25, -0.2) is 9.37 Å². The van der Waals surface area contributed by atoms with Gasteiger partial charge >= 0.3 is 0 Å². The molecule has 5 heteroatoms. The molecule has 3 nitrogen and oxygen atoms in total. The van der Waals surface area contributed by atoms with Crippen LogP contribution in [0.15, 0.2) is 16.7 Å². The highest BCUT2D eigenvalue weighted by molar-refractivity contribution is 9.10. The molecule has 0 spiro atoms. The maximum absolute atomic E-state index is 13.8. The van der Waals surface area contributed by atoms with Gasteiger partial charge in [-0.15, -0.1) is 0 Å². The highest BCUT2D eigenvalue weighted by Crippen LogP contribution is 2.35. The van der Waals surface area contributed by atoms with Crippen molar-refractivity contribution in [2.24, 2.45) is 5.92 Å². The predicted molar refractivity (Wildman–Crippen MR) is 84.4 cm³/mol. The van der Waals surface area contributed by atoms with Crippen LogP contribution in [0.5, 0.6) is 0 Å². The standard InChI is InChI=1S/C15H23BrFN3/c1-11-5-4-6-15(8-11,20(2)3)10-19-14-13(17)7-12(16)9-18-14/h7,9,11H,4-6,8,10H2,1-3H3,(H,18,19). The van der Waals surface area contributed by atoms with Crippen LogP contribution >= 0.6 is 15.9 Å². The number of hydrogen-bond acceptors (Lipinski definition) is 3. The van der Waals surface area contributed by atoms with Crippen LogP contribution in [0.3, 0.4) is 0 Å². The molecule has 0 amide bonds. The second-order valence-corrected chi connectivity index (χ2v) is 7.07. The number of nitrogens with zero attached hydrogens (tertiary/aromatic N) is 2. The topological polar surface area (TPSA) is 28.2 Å². The van der Waals surface area contributed by atoms with Gasteiger partial charge in [-0.05, 0) is 54.9 Å². The van der Waals surface area contributed by atoms with Gasteiger partial charge in [0, 0.05) is 22.8 Å². The normalized spacial score (nSPS) is 26.8. The van der Waals surface area contributed by atoms with E-state index in [4.69, 9.17) is 0 Å². The summed E-state index contributed by atoms with van der Waals surface area (Å²) in [7, 11) is 4.23. The molecule has 2 atom stereocenters. The van der Waals surface area contributed by atoms with E-state index in [1.54, 1.807) is 6.20 Å². The Hall–Kier alpha value is -0.680. The van der Waals surface area contributed by atoms with Crippen LogP contribution in [0.2, 0.25) is 0 Å². The molecule has 0 aliphatic heterocycles.